The molecule has 1 aromatic carbocycles. The second-order valence-electron chi connectivity index (χ2n) is 8.90. The van der Waals surface area contributed by atoms with Crippen molar-refractivity contribution in [3.63, 3.8) is 0 Å². The number of amides is 1. The molecule has 1 saturated heterocycles. The van der Waals surface area contributed by atoms with Gasteiger partial charge in [-0.3, -0.25) is 14.6 Å². The maximum absolute atomic E-state index is 14.8. The number of nitriles is 1. The molecule has 1 fully saturated rings. The number of aliphatic carboxylic acids is 1. The zero-order valence-corrected chi connectivity index (χ0v) is 20.7. The van der Waals surface area contributed by atoms with Crippen LogP contribution in [-0.4, -0.2) is 68.4 Å². The van der Waals surface area contributed by atoms with Gasteiger partial charge in [-0.1, -0.05) is 0 Å². The summed E-state index contributed by atoms with van der Waals surface area (Å²) in [5.41, 5.74) is -0.258. The van der Waals surface area contributed by atoms with Crippen LogP contribution in [0.4, 0.5) is 40.8 Å². The predicted octanol–water partition coefficient (Wildman–Crippen LogP) is 3.99. The van der Waals surface area contributed by atoms with Crippen molar-refractivity contribution in [3.8, 4) is 17.2 Å². The maximum atomic E-state index is 14.8. The molecule has 3 aromatic rings. The van der Waals surface area contributed by atoms with E-state index in [0.717, 1.165) is 17.2 Å². The van der Waals surface area contributed by atoms with Gasteiger partial charge in [-0.2, -0.15) is 41.8 Å². The average Bonchev–Trinajstić information content (AvgIpc) is 3.54. The van der Waals surface area contributed by atoms with Crippen molar-refractivity contribution in [2.24, 2.45) is 0 Å². The monoisotopic (exact) mass is 593 g/mol. The van der Waals surface area contributed by atoms with E-state index in [0.29, 0.717) is 13.0 Å². The molecule has 2 aromatic heterocycles. The lowest BCUT2D eigenvalue weighted by molar-refractivity contribution is -0.192. The van der Waals surface area contributed by atoms with Crippen LogP contribution < -0.4 is 10.2 Å². The Morgan fingerprint density at radius 3 is 2.29 bits per heavy atom. The van der Waals surface area contributed by atoms with E-state index in [2.05, 4.69) is 21.4 Å². The van der Waals surface area contributed by atoms with Crippen molar-refractivity contribution < 1.29 is 49.8 Å². The third kappa shape index (κ3) is 6.91. The molecule has 1 aliphatic heterocycles. The van der Waals surface area contributed by atoms with Crippen LogP contribution in [0.5, 0.6) is 0 Å². The summed E-state index contributed by atoms with van der Waals surface area (Å²) in [4.78, 5) is 22.4. The molecule has 41 heavy (non-hydrogen) atoms. The van der Waals surface area contributed by atoms with E-state index in [4.69, 9.17) is 9.90 Å². The lowest BCUT2D eigenvalue weighted by Gasteiger charge is -2.50. The number of carboxylic acid groups (broad SMARTS) is 1. The van der Waals surface area contributed by atoms with Gasteiger partial charge < -0.3 is 15.3 Å². The van der Waals surface area contributed by atoms with E-state index in [9.17, 15) is 45.2 Å². The molecule has 1 amide bonds. The number of nitrogens with one attached hydrogen (secondary N) is 2. The van der Waals surface area contributed by atoms with Gasteiger partial charge in [-0.25, -0.2) is 13.6 Å². The van der Waals surface area contributed by atoms with Gasteiger partial charge in [0.15, 0.2) is 0 Å². The van der Waals surface area contributed by atoms with Gasteiger partial charge in [0, 0.05) is 42.7 Å². The fourth-order valence-corrected chi connectivity index (χ4v) is 3.77. The molecule has 18 heteroatoms. The Morgan fingerprint density at radius 2 is 1.78 bits per heavy atom. The number of nitrogens with zero attached hydrogens (tertiary/aromatic N) is 5. The fraction of sp³-hybridized carbons (Fsp3) is 0.348. The summed E-state index contributed by atoms with van der Waals surface area (Å²) in [7, 11) is 0. The van der Waals surface area contributed by atoms with E-state index in [-0.39, 0.29) is 25.2 Å². The number of aromatic amines is 1. The molecule has 3 heterocycles. The van der Waals surface area contributed by atoms with Crippen molar-refractivity contribution in [1.82, 2.24) is 25.3 Å². The highest BCUT2D eigenvalue weighted by molar-refractivity contribution is 5.95. The van der Waals surface area contributed by atoms with Crippen LogP contribution in [-0.2, 0) is 10.3 Å². The molecule has 1 aliphatic rings. The van der Waals surface area contributed by atoms with Crippen LogP contribution in [0.3, 0.4) is 0 Å². The molecule has 220 valence electrons. The number of carbonyl (C=O) groups is 2. The summed E-state index contributed by atoms with van der Waals surface area (Å²) >= 11 is 0. The van der Waals surface area contributed by atoms with Gasteiger partial charge in [0.05, 0.1) is 36.1 Å². The molecule has 0 spiro atoms. The molecule has 0 radical (unpaired) electrons. The number of halogens is 8. The van der Waals surface area contributed by atoms with E-state index in [1.165, 1.54) is 4.90 Å². The first kappa shape index (κ1) is 30.8. The quantitative estimate of drug-likeness (QED) is 0.367. The van der Waals surface area contributed by atoms with Crippen LogP contribution in [0.15, 0.2) is 36.9 Å². The third-order valence-electron chi connectivity index (χ3n) is 5.98. The van der Waals surface area contributed by atoms with E-state index >= 15 is 0 Å². The van der Waals surface area contributed by atoms with Gasteiger partial charge in [0.2, 0.25) is 0 Å². The number of carbonyl (C=O) groups excluding carboxylic acids is 1. The number of anilines is 1. The van der Waals surface area contributed by atoms with E-state index in [1.807, 2.05) is 0 Å². The molecule has 0 aliphatic carbocycles. The lowest BCUT2D eigenvalue weighted by Crippen LogP contribution is -2.63. The number of H-pyrrole nitrogens is 1. The SMILES string of the molecule is C[C@H](NC(=O)c1cc(F)c(N2CC(CC#N)(n3cc(-c4cn[nH]c4)cn3)C2)cc1F)C(F)(F)F.O=C(O)C(F)(F)F. The molecular weight excluding hydrogens is 574 g/mol. The van der Waals surface area contributed by atoms with Crippen LogP contribution in [0.2, 0.25) is 0 Å². The molecule has 0 unspecified atom stereocenters. The highest BCUT2D eigenvalue weighted by Gasteiger charge is 2.47. The molecule has 10 nitrogen and oxygen atoms in total. The van der Waals surface area contributed by atoms with Crippen LogP contribution in [0.1, 0.15) is 23.7 Å². The van der Waals surface area contributed by atoms with Crippen molar-refractivity contribution in [2.75, 3.05) is 18.0 Å². The Hall–Kier alpha value is -4.69. The smallest absolute Gasteiger partial charge is 0.475 e. The van der Waals surface area contributed by atoms with Gasteiger partial charge in [0.1, 0.15) is 23.2 Å². The Balaban J connectivity index is 0.000000587. The molecule has 0 bridgehead atoms. The van der Waals surface area contributed by atoms with Crippen molar-refractivity contribution in [3.05, 3.63) is 54.1 Å². The van der Waals surface area contributed by atoms with E-state index < -0.39 is 53.0 Å². The molecule has 4 rings (SSSR count). The minimum atomic E-state index is -5.08. The Morgan fingerprint density at radius 1 is 1.15 bits per heavy atom. The van der Waals surface area contributed by atoms with Crippen LogP contribution in [0.25, 0.3) is 11.1 Å². The molecule has 1 atom stereocenters. The first-order valence-corrected chi connectivity index (χ1v) is 11.3. The first-order valence-electron chi connectivity index (χ1n) is 11.3. The number of benzene rings is 1. The summed E-state index contributed by atoms with van der Waals surface area (Å²) in [5, 5.41) is 28.9. The normalized spacial score (nSPS) is 15.2. The number of hydrogen-bond acceptors (Lipinski definition) is 6. The van der Waals surface area contributed by atoms with Crippen LogP contribution in [0, 0.1) is 23.0 Å². The van der Waals surface area contributed by atoms with Gasteiger partial charge in [-0.05, 0) is 13.0 Å². The number of rotatable bonds is 6. The Bertz CT molecular complexity index is 1440. The highest BCUT2D eigenvalue weighted by atomic mass is 19.4. The zero-order valence-electron chi connectivity index (χ0n) is 20.7. The van der Waals surface area contributed by atoms with Gasteiger partial charge >= 0.3 is 18.3 Å². The average molecular weight is 593 g/mol. The maximum Gasteiger partial charge on any atom is 0.490 e. The second kappa shape index (κ2) is 11.4. The largest absolute Gasteiger partial charge is 0.490 e. The standard InChI is InChI=1S/C21H18F5N7O.C2HF3O2/c1-12(21(24,25)26)31-19(34)15-4-17(23)18(5-16(15)22)32-10-20(11-32,2-3-27)33-9-14(8-30-33)13-6-28-29-7-13;3-2(4,5)1(6)7/h4-9,12H,2,10-11H2,1H3,(H,28,29)(H,31,34);(H,6,7)/t12-;/m0./s1. The minimum Gasteiger partial charge on any atom is -0.475 e. The highest BCUT2D eigenvalue weighted by Crippen LogP contribution is 2.38. The summed E-state index contributed by atoms with van der Waals surface area (Å²) in [5.74, 6) is -6.27. The number of alkyl halides is 6. The first-order chi connectivity index (χ1) is 19.0. The number of carboxylic acids is 1. The van der Waals surface area contributed by atoms with Crippen molar-refractivity contribution in [2.45, 2.75) is 37.3 Å². The molecule has 3 N–H and O–H groups in total. The second-order valence-corrected chi connectivity index (χ2v) is 8.90. The van der Waals surface area contributed by atoms with Crippen molar-refractivity contribution >= 4 is 17.6 Å². The van der Waals surface area contributed by atoms with Gasteiger partial charge in [-0.15, -0.1) is 0 Å². The summed E-state index contributed by atoms with van der Waals surface area (Å²) in [6.07, 6.45) is -3.15. The van der Waals surface area contributed by atoms with Crippen molar-refractivity contribution in [1.29, 1.82) is 5.26 Å². The molecule has 0 saturated carbocycles. The number of hydrogen-bond donors (Lipinski definition) is 3. The number of aromatic nitrogens is 4. The predicted molar refractivity (Wildman–Crippen MR) is 123 cm³/mol. The summed E-state index contributed by atoms with van der Waals surface area (Å²) in [6.45, 7) is 0.947. The molecular formula is C23H19F8N7O3. The Labute approximate surface area is 225 Å². The summed E-state index contributed by atoms with van der Waals surface area (Å²) in [6, 6.07) is 1.19. The van der Waals surface area contributed by atoms with E-state index in [1.54, 1.807) is 34.8 Å². The van der Waals surface area contributed by atoms with Gasteiger partial charge in [0.25, 0.3) is 5.91 Å². The third-order valence-corrected chi connectivity index (χ3v) is 5.98. The van der Waals surface area contributed by atoms with Crippen LogP contribution >= 0.6 is 0 Å². The minimum absolute atomic E-state index is 0.0515. The lowest BCUT2D eigenvalue weighted by atomic mass is 9.86. The summed E-state index contributed by atoms with van der Waals surface area (Å²) < 4.78 is 101. The fourth-order valence-electron chi connectivity index (χ4n) is 3.77. The topological polar surface area (TPSA) is 140 Å². The Kier molecular flexibility index (Phi) is 8.60. The zero-order chi connectivity index (χ0) is 30.8.